The van der Waals surface area contributed by atoms with Gasteiger partial charge in [-0.2, -0.15) is 0 Å². The number of benzene rings is 1. The minimum absolute atomic E-state index is 0.0677. The van der Waals surface area contributed by atoms with E-state index in [2.05, 4.69) is 4.98 Å². The highest BCUT2D eigenvalue weighted by Crippen LogP contribution is 2.28. The SMILES string of the molecule is COc1ccc2[nH]cc(S(=O)(=O)Cl)c2c1. The summed E-state index contributed by atoms with van der Waals surface area (Å²) in [5, 5.41) is 0.532. The summed E-state index contributed by atoms with van der Waals surface area (Å²) >= 11 is 0. The van der Waals surface area contributed by atoms with Gasteiger partial charge in [0.05, 0.1) is 7.11 Å². The average Bonchev–Trinajstić information content (AvgIpc) is 2.59. The molecule has 0 radical (unpaired) electrons. The van der Waals surface area contributed by atoms with Gasteiger partial charge in [0, 0.05) is 27.8 Å². The number of methoxy groups -OCH3 is 1. The molecule has 0 aliphatic carbocycles. The Morgan fingerprint density at radius 1 is 1.40 bits per heavy atom. The fourth-order valence-corrected chi connectivity index (χ4v) is 2.42. The fourth-order valence-electron chi connectivity index (χ4n) is 1.40. The molecule has 0 spiro atoms. The monoisotopic (exact) mass is 245 g/mol. The van der Waals surface area contributed by atoms with Crippen molar-refractivity contribution < 1.29 is 13.2 Å². The Balaban J connectivity index is 2.78. The number of hydrogen-bond donors (Lipinski definition) is 1. The van der Waals surface area contributed by atoms with E-state index in [9.17, 15) is 8.42 Å². The lowest BCUT2D eigenvalue weighted by Crippen LogP contribution is -1.88. The summed E-state index contributed by atoms with van der Waals surface area (Å²) in [6.07, 6.45) is 1.37. The van der Waals surface area contributed by atoms with Crippen molar-refractivity contribution in [2.75, 3.05) is 7.11 Å². The third kappa shape index (κ3) is 1.80. The average molecular weight is 246 g/mol. The van der Waals surface area contributed by atoms with Crippen molar-refractivity contribution in [1.82, 2.24) is 4.98 Å². The lowest BCUT2D eigenvalue weighted by atomic mass is 10.2. The van der Waals surface area contributed by atoms with E-state index in [0.717, 1.165) is 0 Å². The largest absolute Gasteiger partial charge is 0.497 e. The number of fused-ring (bicyclic) bond motifs is 1. The highest BCUT2D eigenvalue weighted by molar-refractivity contribution is 8.14. The minimum atomic E-state index is -3.73. The smallest absolute Gasteiger partial charge is 0.263 e. The van der Waals surface area contributed by atoms with Gasteiger partial charge in [-0.15, -0.1) is 0 Å². The summed E-state index contributed by atoms with van der Waals surface area (Å²) in [7, 11) is 3.08. The first-order valence-corrected chi connectivity index (χ1v) is 6.43. The summed E-state index contributed by atoms with van der Waals surface area (Å²) in [5.41, 5.74) is 0.704. The molecule has 1 aromatic heterocycles. The molecule has 4 nitrogen and oxygen atoms in total. The summed E-state index contributed by atoms with van der Waals surface area (Å²) in [6, 6.07) is 5.10. The lowest BCUT2D eigenvalue weighted by Gasteiger charge is -1.99. The van der Waals surface area contributed by atoms with Gasteiger partial charge in [0.15, 0.2) is 0 Å². The van der Waals surface area contributed by atoms with Crippen LogP contribution in [0.15, 0.2) is 29.3 Å². The zero-order valence-corrected chi connectivity index (χ0v) is 9.39. The van der Waals surface area contributed by atoms with Crippen molar-refractivity contribution in [2.24, 2.45) is 0 Å². The molecule has 0 amide bonds. The van der Waals surface area contributed by atoms with Crippen LogP contribution in [-0.2, 0) is 9.05 Å². The Hall–Kier alpha value is -1.20. The van der Waals surface area contributed by atoms with Crippen LogP contribution in [0.25, 0.3) is 10.9 Å². The third-order valence-corrected chi connectivity index (χ3v) is 3.48. The molecular formula is C9H8ClNO3S. The van der Waals surface area contributed by atoms with Gasteiger partial charge in [0.25, 0.3) is 9.05 Å². The molecule has 1 N–H and O–H groups in total. The lowest BCUT2D eigenvalue weighted by molar-refractivity contribution is 0.415. The van der Waals surface area contributed by atoms with Crippen molar-refractivity contribution in [2.45, 2.75) is 4.90 Å². The summed E-state index contributed by atoms with van der Waals surface area (Å²) in [6.45, 7) is 0. The second-order valence-corrected chi connectivity index (χ2v) is 5.54. The summed E-state index contributed by atoms with van der Waals surface area (Å²) in [5.74, 6) is 0.587. The van der Waals surface area contributed by atoms with Crippen molar-refractivity contribution in [3.05, 3.63) is 24.4 Å². The van der Waals surface area contributed by atoms with Crippen LogP contribution in [0.5, 0.6) is 5.75 Å². The van der Waals surface area contributed by atoms with Gasteiger partial charge in [-0.3, -0.25) is 0 Å². The third-order valence-electron chi connectivity index (χ3n) is 2.11. The van der Waals surface area contributed by atoms with E-state index in [1.165, 1.54) is 13.3 Å². The Morgan fingerprint density at radius 2 is 2.13 bits per heavy atom. The fraction of sp³-hybridized carbons (Fsp3) is 0.111. The number of nitrogens with one attached hydrogen (secondary N) is 1. The van der Waals surface area contributed by atoms with Gasteiger partial charge in [-0.25, -0.2) is 8.42 Å². The first kappa shape index (κ1) is 10.3. The molecule has 0 bridgehead atoms. The first-order valence-electron chi connectivity index (χ1n) is 4.12. The summed E-state index contributed by atoms with van der Waals surface area (Å²) < 4.78 is 27.4. The highest BCUT2D eigenvalue weighted by Gasteiger charge is 2.16. The molecule has 0 saturated heterocycles. The Bertz CT molecular complexity index is 603. The maximum absolute atomic E-state index is 11.2. The van der Waals surface area contributed by atoms with Crippen LogP contribution in [0.1, 0.15) is 0 Å². The molecule has 0 aliphatic heterocycles. The molecule has 2 rings (SSSR count). The standard InChI is InChI=1S/C9H8ClNO3S/c1-14-6-2-3-8-7(4-6)9(5-11-8)15(10,12)13/h2-5,11H,1H3. The van der Waals surface area contributed by atoms with Crippen LogP contribution in [0, 0.1) is 0 Å². The van der Waals surface area contributed by atoms with Crippen LogP contribution in [0.2, 0.25) is 0 Å². The zero-order chi connectivity index (χ0) is 11.1. The Kier molecular flexibility index (Phi) is 2.36. The maximum Gasteiger partial charge on any atom is 0.263 e. The molecule has 1 heterocycles. The van der Waals surface area contributed by atoms with Crippen LogP contribution in [0.4, 0.5) is 0 Å². The first-order chi connectivity index (χ1) is 7.02. The molecule has 0 fully saturated rings. The molecule has 0 aliphatic rings. The number of ether oxygens (including phenoxy) is 1. The molecule has 1 aromatic carbocycles. The van der Waals surface area contributed by atoms with Gasteiger partial charge in [0.1, 0.15) is 10.6 Å². The number of aromatic amines is 1. The molecule has 0 atom stereocenters. The second kappa shape index (κ2) is 3.43. The zero-order valence-electron chi connectivity index (χ0n) is 7.82. The van der Waals surface area contributed by atoms with Gasteiger partial charge in [0.2, 0.25) is 0 Å². The van der Waals surface area contributed by atoms with E-state index in [1.54, 1.807) is 18.2 Å². The van der Waals surface area contributed by atoms with Gasteiger partial charge < -0.3 is 9.72 Å². The van der Waals surface area contributed by atoms with Gasteiger partial charge >= 0.3 is 0 Å². The van der Waals surface area contributed by atoms with E-state index in [1.807, 2.05) is 0 Å². The number of rotatable bonds is 2. The van der Waals surface area contributed by atoms with Crippen molar-refractivity contribution in [1.29, 1.82) is 0 Å². The van der Waals surface area contributed by atoms with Crippen LogP contribution in [0.3, 0.4) is 0 Å². The highest BCUT2D eigenvalue weighted by atomic mass is 35.7. The predicted octanol–water partition coefficient (Wildman–Crippen LogP) is 2.10. The van der Waals surface area contributed by atoms with Crippen LogP contribution < -0.4 is 4.74 Å². The van der Waals surface area contributed by atoms with Crippen LogP contribution in [-0.4, -0.2) is 20.5 Å². The number of hydrogen-bond acceptors (Lipinski definition) is 3. The maximum atomic E-state index is 11.2. The Morgan fingerprint density at radius 3 is 2.73 bits per heavy atom. The predicted molar refractivity (Wildman–Crippen MR) is 57.9 cm³/mol. The number of halogens is 1. The molecule has 80 valence electrons. The van der Waals surface area contributed by atoms with Crippen LogP contribution >= 0.6 is 10.7 Å². The van der Waals surface area contributed by atoms with E-state index >= 15 is 0 Å². The van der Waals surface area contributed by atoms with Gasteiger partial charge in [-0.05, 0) is 18.2 Å². The molecule has 0 saturated carbocycles. The van der Waals surface area contributed by atoms with E-state index < -0.39 is 9.05 Å². The molecule has 0 unspecified atom stereocenters. The van der Waals surface area contributed by atoms with Crippen molar-refractivity contribution in [3.8, 4) is 5.75 Å². The minimum Gasteiger partial charge on any atom is -0.497 e. The quantitative estimate of drug-likeness (QED) is 0.825. The normalized spacial score (nSPS) is 11.9. The number of H-pyrrole nitrogens is 1. The molecule has 2 aromatic rings. The van der Waals surface area contributed by atoms with Crippen molar-refractivity contribution in [3.63, 3.8) is 0 Å². The van der Waals surface area contributed by atoms with Crippen molar-refractivity contribution >= 4 is 30.6 Å². The van der Waals surface area contributed by atoms with Gasteiger partial charge in [-0.1, -0.05) is 0 Å². The Labute approximate surface area is 91.2 Å². The molecule has 15 heavy (non-hydrogen) atoms. The topological polar surface area (TPSA) is 59.2 Å². The van der Waals surface area contributed by atoms with E-state index in [4.69, 9.17) is 15.4 Å². The molecular weight excluding hydrogens is 238 g/mol. The van der Waals surface area contributed by atoms with E-state index in [0.29, 0.717) is 16.7 Å². The van der Waals surface area contributed by atoms with E-state index in [-0.39, 0.29) is 4.90 Å². The summed E-state index contributed by atoms with van der Waals surface area (Å²) in [4.78, 5) is 2.89. The molecule has 6 heteroatoms. The second-order valence-electron chi connectivity index (χ2n) is 3.00. The number of aromatic nitrogens is 1.